The monoisotopic (exact) mass is 407 g/mol. The van der Waals surface area contributed by atoms with Gasteiger partial charge in [-0.3, -0.25) is 4.79 Å². The van der Waals surface area contributed by atoms with Crippen molar-refractivity contribution in [2.75, 3.05) is 13.2 Å². The van der Waals surface area contributed by atoms with Crippen LogP contribution in [0.25, 0.3) is 11.4 Å². The van der Waals surface area contributed by atoms with Gasteiger partial charge in [-0.2, -0.15) is 4.98 Å². The van der Waals surface area contributed by atoms with Crippen LogP contribution in [0.4, 0.5) is 0 Å². The summed E-state index contributed by atoms with van der Waals surface area (Å²) in [5.74, 6) is 2.59. The highest BCUT2D eigenvalue weighted by molar-refractivity contribution is 5.76. The first kappa shape index (κ1) is 19.9. The molecular weight excluding hydrogens is 382 g/mol. The highest BCUT2D eigenvalue weighted by Gasteiger charge is 2.22. The van der Waals surface area contributed by atoms with Crippen molar-refractivity contribution < 1.29 is 18.8 Å². The summed E-state index contributed by atoms with van der Waals surface area (Å²) in [6.45, 7) is 5.24. The molecule has 0 saturated carbocycles. The first-order valence-corrected chi connectivity index (χ1v) is 10.2. The molecule has 0 bridgehead atoms. The van der Waals surface area contributed by atoms with Crippen LogP contribution >= 0.6 is 0 Å². The first-order chi connectivity index (χ1) is 14.6. The van der Waals surface area contributed by atoms with E-state index >= 15 is 0 Å². The molecule has 2 aromatic carbocycles. The third-order valence-corrected chi connectivity index (χ3v) is 4.97. The number of nitrogens with zero attached hydrogens (tertiary/aromatic N) is 2. The predicted molar refractivity (Wildman–Crippen MR) is 111 cm³/mol. The molecule has 7 nitrogen and oxygen atoms in total. The summed E-state index contributed by atoms with van der Waals surface area (Å²) in [6, 6.07) is 15.3. The quantitative estimate of drug-likeness (QED) is 0.638. The Hall–Kier alpha value is -3.35. The first-order valence-electron chi connectivity index (χ1n) is 10.2. The van der Waals surface area contributed by atoms with Crippen LogP contribution in [0.1, 0.15) is 37.8 Å². The molecule has 1 atom stereocenters. The zero-order valence-corrected chi connectivity index (χ0v) is 17.1. The molecular formula is C23H25N3O4. The van der Waals surface area contributed by atoms with Crippen LogP contribution in [0.15, 0.2) is 53.1 Å². The third-order valence-electron chi connectivity index (χ3n) is 4.97. The largest absolute Gasteiger partial charge is 0.486 e. The lowest BCUT2D eigenvalue weighted by Crippen LogP contribution is -2.32. The molecule has 1 N–H and O–H groups in total. The molecule has 30 heavy (non-hydrogen) atoms. The average molecular weight is 407 g/mol. The number of aromatic nitrogens is 2. The van der Waals surface area contributed by atoms with E-state index in [-0.39, 0.29) is 24.3 Å². The van der Waals surface area contributed by atoms with Crippen molar-refractivity contribution >= 4 is 5.91 Å². The van der Waals surface area contributed by atoms with Gasteiger partial charge in [0.25, 0.3) is 0 Å². The standard InChI is InChI=1S/C23H25N3O4/c1-15(2)22(17-8-9-18-19(14-17)29-13-12-28-18)24-20(27)10-11-21-25-23(26-30-21)16-6-4-3-5-7-16/h3-9,14-15,22H,10-13H2,1-2H3,(H,24,27)/t22-/m1/s1. The average Bonchev–Trinajstić information content (AvgIpc) is 3.25. The summed E-state index contributed by atoms with van der Waals surface area (Å²) in [4.78, 5) is 17.0. The Balaban J connectivity index is 1.38. The van der Waals surface area contributed by atoms with E-state index in [1.165, 1.54) is 0 Å². The number of carbonyl (C=O) groups excluding carboxylic acids is 1. The lowest BCUT2D eigenvalue weighted by Gasteiger charge is -2.25. The van der Waals surface area contributed by atoms with Crippen molar-refractivity contribution in [3.05, 3.63) is 60.0 Å². The zero-order chi connectivity index (χ0) is 20.9. The van der Waals surface area contributed by atoms with Gasteiger partial charge in [0.2, 0.25) is 17.6 Å². The minimum Gasteiger partial charge on any atom is -0.486 e. The van der Waals surface area contributed by atoms with E-state index in [2.05, 4.69) is 29.3 Å². The van der Waals surface area contributed by atoms with Gasteiger partial charge in [0, 0.05) is 18.4 Å². The smallest absolute Gasteiger partial charge is 0.227 e. The SMILES string of the molecule is CC(C)[C@@H](NC(=O)CCc1nc(-c2ccccc2)no1)c1ccc2c(c1)OCCO2. The zero-order valence-electron chi connectivity index (χ0n) is 17.1. The fourth-order valence-electron chi connectivity index (χ4n) is 3.42. The van der Waals surface area contributed by atoms with Crippen molar-refractivity contribution in [2.24, 2.45) is 5.92 Å². The highest BCUT2D eigenvalue weighted by atomic mass is 16.6. The number of fused-ring (bicyclic) bond motifs is 1. The van der Waals surface area contributed by atoms with Crippen LogP contribution in [0, 0.1) is 5.92 Å². The Bertz CT molecular complexity index is 1000. The summed E-state index contributed by atoms with van der Waals surface area (Å²) in [5, 5.41) is 7.12. The number of amides is 1. The van der Waals surface area contributed by atoms with Crippen LogP contribution in [-0.2, 0) is 11.2 Å². The molecule has 0 aliphatic carbocycles. The molecule has 0 spiro atoms. The molecule has 2 heterocycles. The number of benzene rings is 2. The molecule has 3 aromatic rings. The van der Waals surface area contributed by atoms with E-state index in [1.807, 2.05) is 48.5 Å². The van der Waals surface area contributed by atoms with Crippen molar-refractivity contribution in [2.45, 2.75) is 32.7 Å². The Morgan fingerprint density at radius 3 is 2.60 bits per heavy atom. The summed E-state index contributed by atoms with van der Waals surface area (Å²) in [6.07, 6.45) is 0.655. The Kier molecular flexibility index (Phi) is 5.97. The van der Waals surface area contributed by atoms with Gasteiger partial charge in [0.15, 0.2) is 11.5 Å². The molecule has 1 aromatic heterocycles. The van der Waals surface area contributed by atoms with Gasteiger partial charge in [0.1, 0.15) is 13.2 Å². The Morgan fingerprint density at radius 2 is 1.83 bits per heavy atom. The summed E-state index contributed by atoms with van der Waals surface area (Å²) in [7, 11) is 0. The van der Waals surface area contributed by atoms with Crippen LogP contribution in [0.2, 0.25) is 0 Å². The molecule has 156 valence electrons. The number of hydrogen-bond acceptors (Lipinski definition) is 6. The second-order valence-electron chi connectivity index (χ2n) is 7.57. The van der Waals surface area contributed by atoms with Gasteiger partial charge in [-0.15, -0.1) is 0 Å². The fraction of sp³-hybridized carbons (Fsp3) is 0.348. The molecule has 0 unspecified atom stereocenters. The van der Waals surface area contributed by atoms with Gasteiger partial charge in [-0.25, -0.2) is 0 Å². The van der Waals surface area contributed by atoms with Gasteiger partial charge in [-0.05, 0) is 23.6 Å². The van der Waals surface area contributed by atoms with E-state index in [9.17, 15) is 4.79 Å². The molecule has 4 rings (SSSR count). The van der Waals surface area contributed by atoms with E-state index in [4.69, 9.17) is 14.0 Å². The topological polar surface area (TPSA) is 86.5 Å². The maximum absolute atomic E-state index is 12.6. The van der Waals surface area contributed by atoms with E-state index in [0.717, 1.165) is 22.6 Å². The van der Waals surface area contributed by atoms with Crippen molar-refractivity contribution in [3.8, 4) is 22.9 Å². The van der Waals surface area contributed by atoms with Gasteiger partial charge in [-0.1, -0.05) is 55.4 Å². The van der Waals surface area contributed by atoms with Crippen LogP contribution < -0.4 is 14.8 Å². The Labute approximate surface area is 175 Å². The van der Waals surface area contributed by atoms with Gasteiger partial charge >= 0.3 is 0 Å². The second kappa shape index (κ2) is 8.98. The summed E-state index contributed by atoms with van der Waals surface area (Å²) in [5.41, 5.74) is 1.88. The maximum Gasteiger partial charge on any atom is 0.227 e. The molecule has 1 aliphatic rings. The summed E-state index contributed by atoms with van der Waals surface area (Å²) >= 11 is 0. The molecule has 1 amide bonds. The number of aryl methyl sites for hydroxylation is 1. The molecule has 0 radical (unpaired) electrons. The highest BCUT2D eigenvalue weighted by Crippen LogP contribution is 2.34. The van der Waals surface area contributed by atoms with Crippen molar-refractivity contribution in [3.63, 3.8) is 0 Å². The van der Waals surface area contributed by atoms with E-state index in [0.29, 0.717) is 31.3 Å². The fourth-order valence-corrected chi connectivity index (χ4v) is 3.42. The third kappa shape index (κ3) is 4.62. The number of ether oxygens (including phenoxy) is 2. The lowest BCUT2D eigenvalue weighted by atomic mass is 9.95. The van der Waals surface area contributed by atoms with Crippen LogP contribution in [0.5, 0.6) is 11.5 Å². The Morgan fingerprint density at radius 1 is 1.07 bits per heavy atom. The lowest BCUT2D eigenvalue weighted by molar-refractivity contribution is -0.122. The van der Waals surface area contributed by atoms with Crippen LogP contribution in [-0.4, -0.2) is 29.3 Å². The van der Waals surface area contributed by atoms with Crippen molar-refractivity contribution in [1.29, 1.82) is 0 Å². The molecule has 1 aliphatic heterocycles. The van der Waals surface area contributed by atoms with Gasteiger partial charge < -0.3 is 19.3 Å². The minimum atomic E-state index is -0.129. The van der Waals surface area contributed by atoms with E-state index in [1.54, 1.807) is 0 Å². The van der Waals surface area contributed by atoms with Crippen molar-refractivity contribution in [1.82, 2.24) is 15.5 Å². The molecule has 0 fully saturated rings. The molecule has 7 heteroatoms. The minimum absolute atomic E-state index is 0.0666. The van der Waals surface area contributed by atoms with Crippen LogP contribution in [0.3, 0.4) is 0 Å². The van der Waals surface area contributed by atoms with E-state index < -0.39 is 0 Å². The normalized spacial score (nSPS) is 13.8. The van der Waals surface area contributed by atoms with Gasteiger partial charge in [0.05, 0.1) is 6.04 Å². The summed E-state index contributed by atoms with van der Waals surface area (Å²) < 4.78 is 16.6. The maximum atomic E-state index is 12.6. The molecule has 0 saturated heterocycles. The number of hydrogen-bond donors (Lipinski definition) is 1. The second-order valence-corrected chi connectivity index (χ2v) is 7.57. The number of carbonyl (C=O) groups is 1. The number of nitrogens with one attached hydrogen (secondary N) is 1. The predicted octanol–water partition coefficient (Wildman–Crippen LogP) is 3.95. The number of rotatable bonds is 7.